The Labute approximate surface area is 102 Å². The average molecular weight is 280 g/mol. The Hall–Kier alpha value is -1.54. The second-order valence-corrected chi connectivity index (χ2v) is 3.94. The second kappa shape index (κ2) is 6.85. The van der Waals surface area contributed by atoms with Crippen LogP contribution in [-0.2, 0) is 0 Å². The van der Waals surface area contributed by atoms with E-state index < -0.39 is 0 Å². The molecule has 0 amide bonds. The zero-order valence-electron chi connectivity index (χ0n) is 8.47. The molecule has 0 aliphatic rings. The van der Waals surface area contributed by atoms with Crippen molar-refractivity contribution in [2.24, 2.45) is 5.11 Å². The molecule has 0 aliphatic heterocycles. The maximum Gasteiger partial charge on any atom is 0.121 e. The maximum atomic E-state index is 8.98. The summed E-state index contributed by atoms with van der Waals surface area (Å²) in [5, 5.41) is 15.4. The molecule has 0 saturated heterocycles. The number of hydrogen-bond acceptors (Lipinski definition) is 3. The van der Waals surface area contributed by atoms with Crippen LogP contribution in [0, 0.1) is 11.3 Å². The molecule has 0 spiro atoms. The summed E-state index contributed by atoms with van der Waals surface area (Å²) in [7, 11) is 0. The zero-order chi connectivity index (χ0) is 11.8. The van der Waals surface area contributed by atoms with Gasteiger partial charge in [-0.1, -0.05) is 33.2 Å². The predicted molar refractivity (Wildman–Crippen MR) is 64.5 cm³/mol. The third kappa shape index (κ3) is 3.91. The van der Waals surface area contributed by atoms with E-state index in [0.717, 1.165) is 10.0 Å². The minimum Gasteiger partial charge on any atom is -0.298 e. The lowest BCUT2D eigenvalue weighted by atomic mass is 10.1. The number of nitriles is 1. The van der Waals surface area contributed by atoms with Crippen molar-refractivity contribution >= 4 is 15.9 Å². The van der Waals surface area contributed by atoms with Crippen LogP contribution in [0.4, 0.5) is 0 Å². The fourth-order valence-corrected chi connectivity index (χ4v) is 1.46. The quantitative estimate of drug-likeness (QED) is 0.389. The molecule has 1 unspecified atom stereocenters. The van der Waals surface area contributed by atoms with Gasteiger partial charge >= 0.3 is 0 Å². The number of rotatable bonds is 5. The first-order valence-corrected chi connectivity index (χ1v) is 5.46. The smallest absolute Gasteiger partial charge is 0.121 e. The molecule has 1 rings (SSSR count). The largest absolute Gasteiger partial charge is 0.298 e. The number of benzene rings is 1. The Kier molecular flexibility index (Phi) is 5.37. The van der Waals surface area contributed by atoms with Gasteiger partial charge in [0.25, 0.3) is 0 Å². The summed E-state index contributed by atoms with van der Waals surface area (Å²) >= 11 is 3.33. The van der Waals surface area contributed by atoms with Gasteiger partial charge in [0.1, 0.15) is 6.04 Å². The van der Waals surface area contributed by atoms with E-state index in [9.17, 15) is 0 Å². The van der Waals surface area contributed by atoms with E-state index in [0.29, 0.717) is 13.1 Å². The molecule has 0 radical (unpaired) electrons. The summed E-state index contributed by atoms with van der Waals surface area (Å²) in [6.07, 6.45) is 0. The summed E-state index contributed by atoms with van der Waals surface area (Å²) in [4.78, 5) is 2.64. The molecule has 0 heterocycles. The maximum absolute atomic E-state index is 8.98. The van der Waals surface area contributed by atoms with E-state index in [2.05, 4.69) is 37.3 Å². The molecule has 0 fully saturated rings. The van der Waals surface area contributed by atoms with Crippen LogP contribution >= 0.6 is 15.9 Å². The van der Waals surface area contributed by atoms with E-state index in [-0.39, 0.29) is 6.04 Å². The summed E-state index contributed by atoms with van der Waals surface area (Å²) < 4.78 is 0.974. The molecule has 1 N–H and O–H groups in total. The van der Waals surface area contributed by atoms with Crippen molar-refractivity contribution in [2.45, 2.75) is 6.04 Å². The van der Waals surface area contributed by atoms with Crippen LogP contribution in [0.25, 0.3) is 10.4 Å². The van der Waals surface area contributed by atoms with Crippen molar-refractivity contribution in [3.63, 3.8) is 0 Å². The van der Waals surface area contributed by atoms with Gasteiger partial charge in [-0.25, -0.2) is 0 Å². The molecule has 16 heavy (non-hydrogen) atoms. The summed E-state index contributed by atoms with van der Waals surface area (Å²) in [6.45, 7) is 0.823. The molecule has 0 bridgehead atoms. The number of halogens is 1. The van der Waals surface area contributed by atoms with Crippen LogP contribution in [0.3, 0.4) is 0 Å². The highest BCUT2D eigenvalue weighted by Gasteiger charge is 2.08. The minimum absolute atomic E-state index is 0.339. The Morgan fingerprint density at radius 2 is 2.19 bits per heavy atom. The van der Waals surface area contributed by atoms with Crippen LogP contribution < -0.4 is 5.32 Å². The van der Waals surface area contributed by atoms with Crippen molar-refractivity contribution in [1.82, 2.24) is 5.32 Å². The number of azide groups is 1. The monoisotopic (exact) mass is 279 g/mol. The van der Waals surface area contributed by atoms with Crippen LogP contribution in [-0.4, -0.2) is 13.1 Å². The summed E-state index contributed by atoms with van der Waals surface area (Å²) in [5.74, 6) is 0. The topological polar surface area (TPSA) is 84.6 Å². The minimum atomic E-state index is -0.373. The van der Waals surface area contributed by atoms with Crippen molar-refractivity contribution in [3.8, 4) is 6.07 Å². The Bertz CT molecular complexity index is 416. The predicted octanol–water partition coefficient (Wildman–Crippen LogP) is 2.91. The average Bonchev–Trinajstić information content (AvgIpc) is 2.31. The van der Waals surface area contributed by atoms with Crippen molar-refractivity contribution in [3.05, 3.63) is 44.7 Å². The molecule has 5 nitrogen and oxygen atoms in total. The highest BCUT2D eigenvalue weighted by molar-refractivity contribution is 9.10. The van der Waals surface area contributed by atoms with Crippen molar-refractivity contribution in [1.29, 1.82) is 5.26 Å². The number of hydrogen-bond donors (Lipinski definition) is 1. The van der Waals surface area contributed by atoms with Gasteiger partial charge < -0.3 is 0 Å². The first-order valence-electron chi connectivity index (χ1n) is 4.67. The molecule has 1 aromatic rings. The van der Waals surface area contributed by atoms with Gasteiger partial charge in [0.2, 0.25) is 0 Å². The lowest BCUT2D eigenvalue weighted by molar-refractivity contribution is 0.635. The highest BCUT2D eigenvalue weighted by Crippen LogP contribution is 2.16. The fourth-order valence-electron chi connectivity index (χ4n) is 1.20. The third-order valence-corrected chi connectivity index (χ3v) is 2.48. The second-order valence-electron chi connectivity index (χ2n) is 3.02. The standard InChI is InChI=1S/C10H10BrN5/c11-9-3-1-8(2-4-9)10(7-12)14-5-6-15-16-13/h1-4,10,14H,5-6H2. The molecule has 1 atom stereocenters. The van der Waals surface area contributed by atoms with E-state index in [1.807, 2.05) is 24.3 Å². The van der Waals surface area contributed by atoms with Crippen molar-refractivity contribution < 1.29 is 0 Å². The van der Waals surface area contributed by atoms with Gasteiger partial charge in [0, 0.05) is 22.5 Å². The van der Waals surface area contributed by atoms with Crippen LogP contribution in [0.5, 0.6) is 0 Å². The lowest BCUT2D eigenvalue weighted by Gasteiger charge is -2.10. The molecule has 6 heteroatoms. The summed E-state index contributed by atoms with van der Waals surface area (Å²) in [5.41, 5.74) is 8.99. The van der Waals surface area contributed by atoms with Gasteiger partial charge in [-0.3, -0.25) is 5.32 Å². The van der Waals surface area contributed by atoms with Gasteiger partial charge in [0.05, 0.1) is 6.07 Å². The van der Waals surface area contributed by atoms with Crippen LogP contribution in [0.1, 0.15) is 11.6 Å². The fraction of sp³-hybridized carbons (Fsp3) is 0.300. The molecular formula is C10H10BrN5. The number of nitrogens with one attached hydrogen (secondary N) is 1. The third-order valence-electron chi connectivity index (χ3n) is 1.96. The van der Waals surface area contributed by atoms with E-state index in [4.69, 9.17) is 10.8 Å². The van der Waals surface area contributed by atoms with Gasteiger partial charge in [-0.2, -0.15) is 5.26 Å². The highest BCUT2D eigenvalue weighted by atomic mass is 79.9. The van der Waals surface area contributed by atoms with Crippen LogP contribution in [0.2, 0.25) is 0 Å². The Balaban J connectivity index is 2.57. The van der Waals surface area contributed by atoms with E-state index in [1.54, 1.807) is 0 Å². The Morgan fingerprint density at radius 3 is 2.75 bits per heavy atom. The molecule has 82 valence electrons. The Morgan fingerprint density at radius 1 is 1.50 bits per heavy atom. The number of nitrogens with zero attached hydrogens (tertiary/aromatic N) is 4. The molecular weight excluding hydrogens is 270 g/mol. The lowest BCUT2D eigenvalue weighted by Crippen LogP contribution is -2.22. The molecule has 0 saturated carbocycles. The van der Waals surface area contributed by atoms with Gasteiger partial charge in [-0.05, 0) is 23.2 Å². The molecule has 0 aromatic heterocycles. The SMILES string of the molecule is N#CC(NCCN=[N+]=[N-])c1ccc(Br)cc1. The molecule has 0 aliphatic carbocycles. The van der Waals surface area contributed by atoms with Crippen molar-refractivity contribution in [2.75, 3.05) is 13.1 Å². The molecule has 1 aromatic carbocycles. The van der Waals surface area contributed by atoms with Crippen LogP contribution in [0.15, 0.2) is 33.9 Å². The van der Waals surface area contributed by atoms with E-state index in [1.165, 1.54) is 0 Å². The van der Waals surface area contributed by atoms with E-state index >= 15 is 0 Å². The van der Waals surface area contributed by atoms with Gasteiger partial charge in [0.15, 0.2) is 0 Å². The first-order chi connectivity index (χ1) is 7.77. The first kappa shape index (κ1) is 12.5. The summed E-state index contributed by atoms with van der Waals surface area (Å²) in [6, 6.07) is 9.29. The normalized spacial score (nSPS) is 11.2. The zero-order valence-corrected chi connectivity index (χ0v) is 10.1. The van der Waals surface area contributed by atoms with Gasteiger partial charge in [-0.15, -0.1) is 0 Å².